The van der Waals surface area contributed by atoms with Crippen LogP contribution in [0, 0.1) is 6.92 Å². The Labute approximate surface area is 251 Å². The van der Waals surface area contributed by atoms with Crippen molar-refractivity contribution >= 4 is 43.9 Å². The van der Waals surface area contributed by atoms with Crippen LogP contribution in [0.25, 0.3) is 10.9 Å². The lowest BCUT2D eigenvalue weighted by Gasteiger charge is -2.18. The first-order chi connectivity index (χ1) is 20.6. The number of benzene rings is 3. The number of carbonyl (C=O) groups excluding carboxylic acids is 2. The topological polar surface area (TPSA) is 152 Å². The number of rotatable bonds is 13. The van der Waals surface area contributed by atoms with Crippen LogP contribution in [0.3, 0.4) is 0 Å². The van der Waals surface area contributed by atoms with Crippen molar-refractivity contribution in [2.75, 3.05) is 32.6 Å². The molecule has 0 saturated carbocycles. The Hall–Kier alpha value is -4.48. The second-order valence-corrected chi connectivity index (χ2v) is 12.2. The third-order valence-corrected chi connectivity index (χ3v) is 8.92. The number of nitrogens with zero attached hydrogens (tertiary/aromatic N) is 2. The number of pyridine rings is 1. The summed E-state index contributed by atoms with van der Waals surface area (Å²) in [7, 11) is -0.859. The molecule has 0 fully saturated rings. The first kappa shape index (κ1) is 31.5. The summed E-state index contributed by atoms with van der Waals surface area (Å²) in [5.41, 5.74) is 8.03. The molecule has 1 aromatic heterocycles. The second-order valence-electron chi connectivity index (χ2n) is 10.3. The number of hydrogen-bond donors (Lipinski definition) is 3. The van der Waals surface area contributed by atoms with Crippen LogP contribution in [0.2, 0.25) is 0 Å². The highest BCUT2D eigenvalue weighted by molar-refractivity contribution is 7.91. The van der Waals surface area contributed by atoms with Crippen molar-refractivity contribution in [2.45, 2.75) is 42.4 Å². The van der Waals surface area contributed by atoms with Crippen LogP contribution in [0.1, 0.15) is 52.0 Å². The number of unbranched alkanes of at least 4 members (excludes halogenated alkanes) is 3. The number of aryl methyl sites for hydroxylation is 1. The molecule has 4 N–H and O–H groups in total. The van der Waals surface area contributed by atoms with Crippen LogP contribution in [-0.4, -0.2) is 62.5 Å². The minimum Gasteiger partial charge on any atom is -0.497 e. The van der Waals surface area contributed by atoms with Gasteiger partial charge in [-0.05, 0) is 67.8 Å². The Morgan fingerprint density at radius 1 is 1.00 bits per heavy atom. The minimum absolute atomic E-state index is 0.0172. The molecule has 0 aliphatic heterocycles. The molecule has 0 radical (unpaired) electrons. The number of fused-ring (bicyclic) bond motifs is 1. The molecule has 10 nitrogen and oxygen atoms in total. The Bertz CT molecular complexity index is 1760. The van der Waals surface area contributed by atoms with Gasteiger partial charge in [0.1, 0.15) is 5.75 Å². The van der Waals surface area contributed by atoms with Crippen LogP contribution in [-0.2, 0) is 9.84 Å². The number of hydrogen-bond acceptors (Lipinski definition) is 8. The lowest BCUT2D eigenvalue weighted by Crippen LogP contribution is -2.27. The number of amides is 2. The highest BCUT2D eigenvalue weighted by atomic mass is 32.2. The summed E-state index contributed by atoms with van der Waals surface area (Å²) in [5.74, 6) is -0.423. The minimum atomic E-state index is -4.08. The molecular weight excluding hydrogens is 568 g/mol. The van der Waals surface area contributed by atoms with Gasteiger partial charge in [-0.2, -0.15) is 0 Å². The second kappa shape index (κ2) is 13.7. The third kappa shape index (κ3) is 7.12. The maximum atomic E-state index is 13.9. The van der Waals surface area contributed by atoms with Gasteiger partial charge in [-0.3, -0.25) is 14.6 Å². The number of aromatic nitrogens is 1. The van der Waals surface area contributed by atoms with E-state index in [1.165, 1.54) is 37.6 Å². The largest absolute Gasteiger partial charge is 0.497 e. The van der Waals surface area contributed by atoms with Gasteiger partial charge in [-0.1, -0.05) is 25.0 Å². The molecule has 226 valence electrons. The summed E-state index contributed by atoms with van der Waals surface area (Å²) in [5, 5.41) is 12.5. The number of methoxy groups -OCH3 is 1. The summed E-state index contributed by atoms with van der Waals surface area (Å²) in [6, 6.07) is 16.0. The van der Waals surface area contributed by atoms with Crippen molar-refractivity contribution in [1.29, 1.82) is 0 Å². The van der Waals surface area contributed by atoms with Crippen LogP contribution in [0.5, 0.6) is 5.75 Å². The molecule has 2 amide bonds. The SMILES string of the molecule is COc1cccc(Nc2c(C(N)=O)cnc3c(C)cc(S(=O)(=O)c4cccc(C(=O)N(C)CCCCCCO)c4)cc23)c1. The van der Waals surface area contributed by atoms with E-state index in [1.807, 2.05) is 0 Å². The Morgan fingerprint density at radius 2 is 1.74 bits per heavy atom. The van der Waals surface area contributed by atoms with E-state index >= 15 is 0 Å². The smallest absolute Gasteiger partial charge is 0.253 e. The summed E-state index contributed by atoms with van der Waals surface area (Å²) in [6.07, 6.45) is 4.64. The number of nitrogens with one attached hydrogen (secondary N) is 1. The number of carbonyl (C=O) groups is 2. The standard InChI is InChI=1S/C32H36N4O6S/c1-21-16-26(43(40,41)25-13-8-10-22(17-25)32(39)36(2)14-6-4-5-7-15-37)19-27-29(21)34-20-28(31(33)38)30(27)35-23-11-9-12-24(18-23)42-3/h8-13,16-20,37H,4-7,14-15H2,1-3H3,(H2,33,38)(H,34,35). The van der Waals surface area contributed by atoms with Gasteiger partial charge in [-0.15, -0.1) is 0 Å². The van der Waals surface area contributed by atoms with E-state index in [1.54, 1.807) is 55.3 Å². The molecule has 1 heterocycles. The maximum Gasteiger partial charge on any atom is 0.253 e. The summed E-state index contributed by atoms with van der Waals surface area (Å²) in [6.45, 7) is 2.40. The Morgan fingerprint density at radius 3 is 2.47 bits per heavy atom. The first-order valence-corrected chi connectivity index (χ1v) is 15.4. The van der Waals surface area contributed by atoms with Gasteiger partial charge < -0.3 is 25.8 Å². The van der Waals surface area contributed by atoms with E-state index in [4.69, 9.17) is 15.6 Å². The number of aliphatic hydroxyl groups excluding tert-OH is 1. The lowest BCUT2D eigenvalue weighted by atomic mass is 10.1. The van der Waals surface area contributed by atoms with Crippen molar-refractivity contribution in [2.24, 2.45) is 5.73 Å². The molecule has 11 heteroatoms. The molecule has 4 rings (SSSR count). The van der Waals surface area contributed by atoms with Gasteiger partial charge in [0.2, 0.25) is 9.84 Å². The number of primary amides is 1. The maximum absolute atomic E-state index is 13.9. The zero-order chi connectivity index (χ0) is 31.1. The van der Waals surface area contributed by atoms with Crippen LogP contribution in [0.4, 0.5) is 11.4 Å². The molecule has 0 saturated heterocycles. The third-order valence-electron chi connectivity index (χ3n) is 7.19. The van der Waals surface area contributed by atoms with E-state index < -0.39 is 15.7 Å². The fourth-order valence-corrected chi connectivity index (χ4v) is 6.25. The van der Waals surface area contributed by atoms with E-state index in [9.17, 15) is 18.0 Å². The van der Waals surface area contributed by atoms with Crippen molar-refractivity contribution < 1.29 is 27.9 Å². The summed E-state index contributed by atoms with van der Waals surface area (Å²) in [4.78, 5) is 31.4. The predicted molar refractivity (Wildman–Crippen MR) is 166 cm³/mol. The molecule has 0 atom stereocenters. The number of ether oxygens (including phenoxy) is 1. The molecule has 0 aliphatic carbocycles. The number of aliphatic hydroxyl groups is 1. The van der Waals surface area contributed by atoms with Gasteiger partial charge in [0, 0.05) is 49.1 Å². The average molecular weight is 605 g/mol. The quantitative estimate of drug-likeness (QED) is 0.183. The fraction of sp³-hybridized carbons (Fsp3) is 0.281. The van der Waals surface area contributed by atoms with Crippen molar-refractivity contribution in [1.82, 2.24) is 9.88 Å². The van der Waals surface area contributed by atoms with Crippen LogP contribution < -0.4 is 15.8 Å². The van der Waals surface area contributed by atoms with Crippen molar-refractivity contribution in [3.8, 4) is 5.75 Å². The Kier molecular flexibility index (Phi) is 9.99. The monoisotopic (exact) mass is 604 g/mol. The molecule has 0 aliphatic rings. The zero-order valence-corrected chi connectivity index (χ0v) is 25.3. The number of sulfone groups is 1. The van der Waals surface area contributed by atoms with E-state index in [-0.39, 0.29) is 33.4 Å². The number of nitrogens with two attached hydrogens (primary N) is 1. The van der Waals surface area contributed by atoms with Gasteiger partial charge in [0.05, 0.1) is 33.7 Å². The molecule has 43 heavy (non-hydrogen) atoms. The summed E-state index contributed by atoms with van der Waals surface area (Å²) < 4.78 is 33.2. The van der Waals surface area contributed by atoms with E-state index in [2.05, 4.69) is 10.3 Å². The lowest BCUT2D eigenvalue weighted by molar-refractivity contribution is 0.0791. The van der Waals surface area contributed by atoms with Gasteiger partial charge in [0.25, 0.3) is 11.8 Å². The van der Waals surface area contributed by atoms with E-state index in [0.29, 0.717) is 40.1 Å². The molecule has 0 unspecified atom stereocenters. The average Bonchev–Trinajstić information content (AvgIpc) is 3.00. The highest BCUT2D eigenvalue weighted by Gasteiger charge is 2.24. The van der Waals surface area contributed by atoms with Gasteiger partial charge in [0.15, 0.2) is 0 Å². The predicted octanol–water partition coefficient (Wildman–Crippen LogP) is 4.85. The van der Waals surface area contributed by atoms with Crippen molar-refractivity contribution in [3.05, 3.63) is 83.6 Å². The van der Waals surface area contributed by atoms with E-state index in [0.717, 1.165) is 25.7 Å². The zero-order valence-electron chi connectivity index (χ0n) is 24.5. The highest BCUT2D eigenvalue weighted by Crippen LogP contribution is 2.35. The molecular formula is C32H36N4O6S. The summed E-state index contributed by atoms with van der Waals surface area (Å²) >= 11 is 0. The van der Waals surface area contributed by atoms with Crippen LogP contribution in [0.15, 0.2) is 76.7 Å². The fourth-order valence-electron chi connectivity index (χ4n) is 4.84. The molecule has 4 aromatic rings. The first-order valence-electron chi connectivity index (χ1n) is 13.9. The molecule has 0 spiro atoms. The Balaban J connectivity index is 1.73. The van der Waals surface area contributed by atoms with Crippen LogP contribution >= 0.6 is 0 Å². The molecule has 0 bridgehead atoms. The number of anilines is 2. The van der Waals surface area contributed by atoms with Gasteiger partial charge in [-0.25, -0.2) is 8.42 Å². The van der Waals surface area contributed by atoms with Crippen molar-refractivity contribution in [3.63, 3.8) is 0 Å². The molecule has 3 aromatic carbocycles. The van der Waals surface area contributed by atoms with Gasteiger partial charge >= 0.3 is 0 Å². The normalized spacial score (nSPS) is 11.3.